The second-order valence-electron chi connectivity index (χ2n) is 5.14. The predicted molar refractivity (Wildman–Crippen MR) is 65.3 cm³/mol. The predicted octanol–water partition coefficient (Wildman–Crippen LogP) is 2.44. The molecule has 86 valence electrons. The average molecular weight is 235 g/mol. The number of rotatable bonds is 2. The van der Waals surface area contributed by atoms with Crippen LogP contribution in [0, 0.1) is 16.7 Å². The molecule has 3 nitrogen and oxygen atoms in total. The molecule has 0 amide bonds. The van der Waals surface area contributed by atoms with Gasteiger partial charge in [-0.05, 0) is 25.3 Å². The average Bonchev–Trinajstić information content (AvgIpc) is 2.58. The summed E-state index contributed by atoms with van der Waals surface area (Å²) in [4.78, 5) is 5.93. The summed E-state index contributed by atoms with van der Waals surface area (Å²) in [6, 6.07) is 2.58. The molecule has 0 bridgehead atoms. The molecule has 1 N–H and O–H groups in total. The standard InChI is InChI=1S/C12H17N3S/c1-12(2)6-8(14-3)11-9(7-12)15-10(16-11)4-5-13/h8,14H,4,6-7H2,1-3H3. The number of aromatic nitrogens is 1. The van der Waals surface area contributed by atoms with Crippen LogP contribution in [0.5, 0.6) is 0 Å². The smallest absolute Gasteiger partial charge is 0.107 e. The van der Waals surface area contributed by atoms with Gasteiger partial charge in [0.05, 0.1) is 18.2 Å². The quantitative estimate of drug-likeness (QED) is 0.856. The Balaban J connectivity index is 2.36. The second-order valence-corrected chi connectivity index (χ2v) is 6.26. The summed E-state index contributed by atoms with van der Waals surface area (Å²) >= 11 is 1.70. The molecular formula is C12H17N3S. The van der Waals surface area contributed by atoms with Gasteiger partial charge in [-0.15, -0.1) is 11.3 Å². The molecule has 0 saturated carbocycles. The van der Waals surface area contributed by atoms with Gasteiger partial charge >= 0.3 is 0 Å². The lowest BCUT2D eigenvalue weighted by molar-refractivity contribution is 0.265. The number of fused-ring (bicyclic) bond motifs is 1. The minimum atomic E-state index is 0.304. The minimum absolute atomic E-state index is 0.304. The van der Waals surface area contributed by atoms with Crippen LogP contribution in [-0.2, 0) is 12.8 Å². The Kier molecular flexibility index (Phi) is 3.00. The molecule has 1 aliphatic carbocycles. The molecule has 1 aliphatic rings. The third-order valence-corrected chi connectivity index (χ3v) is 4.28. The summed E-state index contributed by atoms with van der Waals surface area (Å²) < 4.78 is 0. The zero-order chi connectivity index (χ0) is 11.8. The van der Waals surface area contributed by atoms with Gasteiger partial charge in [-0.1, -0.05) is 13.8 Å². The maximum atomic E-state index is 8.71. The molecule has 1 atom stereocenters. The Bertz CT molecular complexity index is 428. The summed E-state index contributed by atoms with van der Waals surface area (Å²) in [6.07, 6.45) is 2.61. The first-order valence-electron chi connectivity index (χ1n) is 5.58. The Labute approximate surface area is 101 Å². The maximum Gasteiger partial charge on any atom is 0.107 e. The highest BCUT2D eigenvalue weighted by Gasteiger charge is 2.34. The first-order chi connectivity index (χ1) is 7.55. The zero-order valence-electron chi connectivity index (χ0n) is 10.0. The topological polar surface area (TPSA) is 48.7 Å². The van der Waals surface area contributed by atoms with E-state index in [1.807, 2.05) is 7.05 Å². The van der Waals surface area contributed by atoms with Crippen LogP contribution >= 0.6 is 11.3 Å². The number of nitriles is 1. The van der Waals surface area contributed by atoms with E-state index >= 15 is 0 Å². The van der Waals surface area contributed by atoms with E-state index in [-0.39, 0.29) is 0 Å². The molecule has 4 heteroatoms. The van der Waals surface area contributed by atoms with Gasteiger partial charge in [0.2, 0.25) is 0 Å². The second kappa shape index (κ2) is 4.15. The third-order valence-electron chi connectivity index (χ3n) is 3.07. The maximum absolute atomic E-state index is 8.71. The number of thiazole rings is 1. The van der Waals surface area contributed by atoms with Gasteiger partial charge in [-0.3, -0.25) is 0 Å². The monoisotopic (exact) mass is 235 g/mol. The fraction of sp³-hybridized carbons (Fsp3) is 0.667. The van der Waals surface area contributed by atoms with E-state index in [1.54, 1.807) is 11.3 Å². The highest BCUT2D eigenvalue weighted by Crippen LogP contribution is 2.42. The molecule has 16 heavy (non-hydrogen) atoms. The van der Waals surface area contributed by atoms with Gasteiger partial charge in [0.15, 0.2) is 0 Å². The van der Waals surface area contributed by atoms with Crippen molar-refractivity contribution in [2.45, 2.75) is 39.2 Å². The minimum Gasteiger partial charge on any atom is -0.312 e. The highest BCUT2D eigenvalue weighted by atomic mass is 32.1. The van der Waals surface area contributed by atoms with Gasteiger partial charge in [-0.25, -0.2) is 4.98 Å². The van der Waals surface area contributed by atoms with Crippen molar-refractivity contribution in [1.82, 2.24) is 10.3 Å². The van der Waals surface area contributed by atoms with Crippen molar-refractivity contribution >= 4 is 11.3 Å². The summed E-state index contributed by atoms with van der Waals surface area (Å²) in [5.41, 5.74) is 1.50. The van der Waals surface area contributed by atoms with E-state index in [0.717, 1.165) is 17.8 Å². The number of nitrogens with one attached hydrogen (secondary N) is 1. The zero-order valence-corrected chi connectivity index (χ0v) is 10.8. The van der Waals surface area contributed by atoms with Crippen molar-refractivity contribution in [2.24, 2.45) is 5.41 Å². The largest absolute Gasteiger partial charge is 0.312 e. The van der Waals surface area contributed by atoms with Crippen LogP contribution in [0.2, 0.25) is 0 Å². The number of hydrogen-bond donors (Lipinski definition) is 1. The molecule has 1 aromatic rings. The van der Waals surface area contributed by atoms with Crippen molar-refractivity contribution in [3.05, 3.63) is 15.6 Å². The number of hydrogen-bond acceptors (Lipinski definition) is 4. The van der Waals surface area contributed by atoms with E-state index in [0.29, 0.717) is 17.9 Å². The van der Waals surface area contributed by atoms with Gasteiger partial charge in [0.1, 0.15) is 5.01 Å². The lowest BCUT2D eigenvalue weighted by Crippen LogP contribution is -2.30. The Morgan fingerprint density at radius 1 is 1.62 bits per heavy atom. The van der Waals surface area contributed by atoms with E-state index < -0.39 is 0 Å². The number of nitrogens with zero attached hydrogens (tertiary/aromatic N) is 2. The molecular weight excluding hydrogens is 218 g/mol. The van der Waals surface area contributed by atoms with Crippen molar-refractivity contribution in [2.75, 3.05) is 7.05 Å². The van der Waals surface area contributed by atoms with E-state index in [2.05, 4.69) is 30.2 Å². The summed E-state index contributed by atoms with van der Waals surface area (Å²) in [5.74, 6) is 0. The Hall–Kier alpha value is -0.920. The van der Waals surface area contributed by atoms with Gasteiger partial charge in [0, 0.05) is 10.9 Å². The van der Waals surface area contributed by atoms with Crippen molar-refractivity contribution in [3.63, 3.8) is 0 Å². The van der Waals surface area contributed by atoms with Crippen molar-refractivity contribution in [3.8, 4) is 6.07 Å². The molecule has 0 spiro atoms. The molecule has 0 fully saturated rings. The van der Waals surface area contributed by atoms with Crippen molar-refractivity contribution in [1.29, 1.82) is 5.26 Å². The molecule has 1 aromatic heterocycles. The van der Waals surface area contributed by atoms with Gasteiger partial charge < -0.3 is 5.32 Å². The molecule has 0 aromatic carbocycles. The molecule has 0 aliphatic heterocycles. The first-order valence-corrected chi connectivity index (χ1v) is 6.40. The molecule has 0 saturated heterocycles. The summed E-state index contributed by atoms with van der Waals surface area (Å²) in [6.45, 7) is 4.56. The van der Waals surface area contributed by atoms with E-state index in [4.69, 9.17) is 5.26 Å². The van der Waals surface area contributed by atoms with Crippen LogP contribution in [0.1, 0.15) is 41.9 Å². The van der Waals surface area contributed by atoms with Crippen LogP contribution in [-0.4, -0.2) is 12.0 Å². The first kappa shape index (κ1) is 11.6. The van der Waals surface area contributed by atoms with Crippen LogP contribution in [0.3, 0.4) is 0 Å². The molecule has 1 heterocycles. The molecule has 2 rings (SSSR count). The third kappa shape index (κ3) is 2.11. The Morgan fingerprint density at radius 2 is 2.38 bits per heavy atom. The van der Waals surface area contributed by atoms with E-state index in [1.165, 1.54) is 10.6 Å². The van der Waals surface area contributed by atoms with Crippen LogP contribution in [0.15, 0.2) is 0 Å². The van der Waals surface area contributed by atoms with Crippen LogP contribution in [0.25, 0.3) is 0 Å². The Morgan fingerprint density at radius 3 is 3.00 bits per heavy atom. The normalized spacial score (nSPS) is 22.5. The van der Waals surface area contributed by atoms with Gasteiger partial charge in [0.25, 0.3) is 0 Å². The lowest BCUT2D eigenvalue weighted by atomic mass is 9.76. The molecule has 0 radical (unpaired) electrons. The highest BCUT2D eigenvalue weighted by molar-refractivity contribution is 7.11. The lowest BCUT2D eigenvalue weighted by Gasteiger charge is -2.34. The fourth-order valence-corrected chi connectivity index (χ4v) is 3.49. The van der Waals surface area contributed by atoms with Crippen LogP contribution < -0.4 is 5.32 Å². The molecule has 1 unspecified atom stereocenters. The van der Waals surface area contributed by atoms with E-state index in [9.17, 15) is 0 Å². The SMILES string of the molecule is CNC1CC(C)(C)Cc2nc(CC#N)sc21. The van der Waals surface area contributed by atoms with Gasteiger partial charge in [-0.2, -0.15) is 5.26 Å². The fourth-order valence-electron chi connectivity index (χ4n) is 2.36. The summed E-state index contributed by atoms with van der Waals surface area (Å²) in [5, 5.41) is 13.0. The van der Waals surface area contributed by atoms with Crippen LogP contribution in [0.4, 0.5) is 0 Å². The summed E-state index contributed by atoms with van der Waals surface area (Å²) in [7, 11) is 2.00. The van der Waals surface area contributed by atoms with Crippen molar-refractivity contribution < 1.29 is 0 Å².